The zero-order valence-electron chi connectivity index (χ0n) is 9.78. The van der Waals surface area contributed by atoms with Crippen molar-refractivity contribution in [3.05, 3.63) is 24.3 Å². The van der Waals surface area contributed by atoms with Gasteiger partial charge in [-0.1, -0.05) is 0 Å². The van der Waals surface area contributed by atoms with Gasteiger partial charge in [0.15, 0.2) is 0 Å². The Morgan fingerprint density at radius 3 is 2.62 bits per heavy atom. The van der Waals surface area contributed by atoms with Gasteiger partial charge in [0, 0.05) is 17.8 Å². The van der Waals surface area contributed by atoms with E-state index < -0.39 is 0 Å². The lowest BCUT2D eigenvalue weighted by molar-refractivity contribution is 0.340. The molecule has 2 atom stereocenters. The summed E-state index contributed by atoms with van der Waals surface area (Å²) < 4.78 is 5.40. The molecular weight excluding hydrogens is 200 g/mol. The quantitative estimate of drug-likeness (QED) is 0.819. The lowest BCUT2D eigenvalue weighted by Gasteiger charge is -2.18. The Bertz CT molecular complexity index is 323. The second kappa shape index (κ2) is 5.21. The van der Waals surface area contributed by atoms with Crippen molar-refractivity contribution in [2.24, 2.45) is 5.73 Å². The summed E-state index contributed by atoms with van der Waals surface area (Å²) in [6.45, 7) is 2.70. The minimum atomic E-state index is 0.298. The molecule has 0 spiro atoms. The summed E-state index contributed by atoms with van der Waals surface area (Å²) in [5.41, 5.74) is 7.15. The highest BCUT2D eigenvalue weighted by Crippen LogP contribution is 2.23. The van der Waals surface area contributed by atoms with Gasteiger partial charge in [-0.2, -0.15) is 0 Å². The van der Waals surface area contributed by atoms with Crippen LogP contribution in [0, 0.1) is 0 Å². The fraction of sp³-hybridized carbons (Fsp3) is 0.538. The molecule has 1 aliphatic rings. The van der Waals surface area contributed by atoms with Gasteiger partial charge in [0.05, 0.1) is 6.61 Å². The second-order valence-corrected chi connectivity index (χ2v) is 4.30. The predicted octanol–water partition coefficient (Wildman–Crippen LogP) is 2.38. The molecule has 0 saturated heterocycles. The van der Waals surface area contributed by atoms with Crippen LogP contribution >= 0.6 is 0 Å². The zero-order valence-corrected chi connectivity index (χ0v) is 9.78. The summed E-state index contributed by atoms with van der Waals surface area (Å²) in [5.74, 6) is 0.920. The highest BCUT2D eigenvalue weighted by molar-refractivity contribution is 5.47. The maximum absolute atomic E-state index is 6.02. The van der Waals surface area contributed by atoms with E-state index in [-0.39, 0.29) is 0 Å². The second-order valence-electron chi connectivity index (χ2n) is 4.30. The molecule has 0 aliphatic heterocycles. The van der Waals surface area contributed by atoms with Gasteiger partial charge in [-0.3, -0.25) is 0 Å². The Morgan fingerprint density at radius 2 is 2.06 bits per heavy atom. The van der Waals surface area contributed by atoms with E-state index in [1.165, 1.54) is 12.8 Å². The first-order valence-electron chi connectivity index (χ1n) is 6.04. The average molecular weight is 220 g/mol. The van der Waals surface area contributed by atoms with E-state index in [2.05, 4.69) is 17.4 Å². The van der Waals surface area contributed by atoms with Crippen LogP contribution in [0.5, 0.6) is 5.75 Å². The standard InChI is InChI=1S/C13H20N2O/c1-2-16-11-8-6-10(7-9-11)15-13-5-3-4-12(13)14/h6-9,12-13,15H,2-5,14H2,1H3/t12-,13+/m0/s1. The molecule has 88 valence electrons. The number of ether oxygens (including phenoxy) is 1. The molecule has 1 saturated carbocycles. The van der Waals surface area contributed by atoms with E-state index in [0.29, 0.717) is 18.7 Å². The predicted molar refractivity (Wildman–Crippen MR) is 66.8 cm³/mol. The van der Waals surface area contributed by atoms with Gasteiger partial charge in [-0.15, -0.1) is 0 Å². The number of hydrogen-bond acceptors (Lipinski definition) is 3. The van der Waals surface area contributed by atoms with Crippen molar-refractivity contribution >= 4 is 5.69 Å². The van der Waals surface area contributed by atoms with Crippen LogP contribution in [0.1, 0.15) is 26.2 Å². The monoisotopic (exact) mass is 220 g/mol. The van der Waals surface area contributed by atoms with E-state index in [1.54, 1.807) is 0 Å². The molecule has 0 aromatic heterocycles. The molecular formula is C13H20N2O. The summed E-state index contributed by atoms with van der Waals surface area (Å²) in [4.78, 5) is 0. The summed E-state index contributed by atoms with van der Waals surface area (Å²) >= 11 is 0. The van der Waals surface area contributed by atoms with Crippen molar-refractivity contribution in [3.8, 4) is 5.75 Å². The highest BCUT2D eigenvalue weighted by Gasteiger charge is 2.23. The van der Waals surface area contributed by atoms with Gasteiger partial charge in [0.25, 0.3) is 0 Å². The molecule has 1 aromatic rings. The first-order chi connectivity index (χ1) is 7.79. The van der Waals surface area contributed by atoms with E-state index in [1.807, 2.05) is 19.1 Å². The maximum Gasteiger partial charge on any atom is 0.119 e. The molecule has 0 bridgehead atoms. The molecule has 0 amide bonds. The van der Waals surface area contributed by atoms with Gasteiger partial charge in [-0.25, -0.2) is 0 Å². The van der Waals surface area contributed by atoms with Crippen LogP contribution in [0.25, 0.3) is 0 Å². The molecule has 2 rings (SSSR count). The molecule has 3 nitrogen and oxygen atoms in total. The van der Waals surface area contributed by atoms with Gasteiger partial charge in [0.1, 0.15) is 5.75 Å². The Hall–Kier alpha value is -1.22. The van der Waals surface area contributed by atoms with Crippen LogP contribution in [0.4, 0.5) is 5.69 Å². The van der Waals surface area contributed by atoms with E-state index in [4.69, 9.17) is 10.5 Å². The van der Waals surface area contributed by atoms with Crippen LogP contribution in [0.15, 0.2) is 24.3 Å². The Morgan fingerprint density at radius 1 is 1.31 bits per heavy atom. The minimum absolute atomic E-state index is 0.298. The molecule has 0 unspecified atom stereocenters. The normalized spacial score (nSPS) is 24.4. The number of anilines is 1. The fourth-order valence-corrected chi connectivity index (χ4v) is 2.20. The molecule has 0 heterocycles. The molecule has 0 radical (unpaired) electrons. The van der Waals surface area contributed by atoms with Gasteiger partial charge in [-0.05, 0) is 50.5 Å². The largest absolute Gasteiger partial charge is 0.494 e. The van der Waals surface area contributed by atoms with Crippen molar-refractivity contribution in [2.45, 2.75) is 38.3 Å². The summed E-state index contributed by atoms with van der Waals surface area (Å²) in [6.07, 6.45) is 3.54. The lowest BCUT2D eigenvalue weighted by atomic mass is 10.1. The number of nitrogens with one attached hydrogen (secondary N) is 1. The van der Waals surface area contributed by atoms with E-state index >= 15 is 0 Å². The van der Waals surface area contributed by atoms with Crippen LogP contribution in [-0.2, 0) is 0 Å². The van der Waals surface area contributed by atoms with Crippen molar-refractivity contribution in [1.29, 1.82) is 0 Å². The number of nitrogens with two attached hydrogens (primary N) is 1. The average Bonchev–Trinajstić information content (AvgIpc) is 2.68. The van der Waals surface area contributed by atoms with Gasteiger partial charge < -0.3 is 15.8 Å². The molecule has 1 aliphatic carbocycles. The van der Waals surface area contributed by atoms with E-state index in [9.17, 15) is 0 Å². The number of rotatable bonds is 4. The first-order valence-corrected chi connectivity index (χ1v) is 6.04. The summed E-state index contributed by atoms with van der Waals surface area (Å²) in [7, 11) is 0. The van der Waals surface area contributed by atoms with Crippen molar-refractivity contribution in [1.82, 2.24) is 0 Å². The molecule has 3 N–H and O–H groups in total. The first kappa shape index (κ1) is 11.3. The van der Waals surface area contributed by atoms with Crippen molar-refractivity contribution in [2.75, 3.05) is 11.9 Å². The summed E-state index contributed by atoms with van der Waals surface area (Å²) in [6, 6.07) is 8.81. The highest BCUT2D eigenvalue weighted by atomic mass is 16.5. The third kappa shape index (κ3) is 2.67. The third-order valence-corrected chi connectivity index (χ3v) is 3.09. The molecule has 3 heteroatoms. The molecule has 1 aromatic carbocycles. The van der Waals surface area contributed by atoms with Crippen LogP contribution in [-0.4, -0.2) is 18.7 Å². The molecule has 16 heavy (non-hydrogen) atoms. The topological polar surface area (TPSA) is 47.3 Å². The van der Waals surface area contributed by atoms with Crippen molar-refractivity contribution in [3.63, 3.8) is 0 Å². The van der Waals surface area contributed by atoms with E-state index in [0.717, 1.165) is 17.9 Å². The lowest BCUT2D eigenvalue weighted by Crippen LogP contribution is -2.35. The molecule has 1 fully saturated rings. The minimum Gasteiger partial charge on any atom is -0.494 e. The fourth-order valence-electron chi connectivity index (χ4n) is 2.20. The van der Waals surface area contributed by atoms with Gasteiger partial charge in [0.2, 0.25) is 0 Å². The van der Waals surface area contributed by atoms with Crippen LogP contribution < -0.4 is 15.8 Å². The van der Waals surface area contributed by atoms with Crippen LogP contribution in [0.3, 0.4) is 0 Å². The van der Waals surface area contributed by atoms with Crippen molar-refractivity contribution < 1.29 is 4.74 Å². The SMILES string of the molecule is CCOc1ccc(N[C@@H]2CCC[C@@H]2N)cc1. The van der Waals surface area contributed by atoms with Crippen LogP contribution in [0.2, 0.25) is 0 Å². The Labute approximate surface area is 97.0 Å². The van der Waals surface area contributed by atoms with Gasteiger partial charge >= 0.3 is 0 Å². The maximum atomic E-state index is 6.02. The smallest absolute Gasteiger partial charge is 0.119 e. The number of benzene rings is 1. The number of hydrogen-bond donors (Lipinski definition) is 2. The zero-order chi connectivity index (χ0) is 11.4. The summed E-state index contributed by atoms with van der Waals surface area (Å²) in [5, 5.41) is 3.48. The third-order valence-electron chi connectivity index (χ3n) is 3.09. The Balaban J connectivity index is 1.94. The Kier molecular flexibility index (Phi) is 3.67.